The third-order valence-corrected chi connectivity index (χ3v) is 1.60. The van der Waals surface area contributed by atoms with Gasteiger partial charge < -0.3 is 4.74 Å². The first kappa shape index (κ1) is 10.8. The van der Waals surface area contributed by atoms with Gasteiger partial charge in [-0.25, -0.2) is 0 Å². The lowest BCUT2D eigenvalue weighted by Gasteiger charge is -2.09. The minimum absolute atomic E-state index is 0.365. The topological polar surface area (TPSA) is 22.1 Å². The van der Waals surface area contributed by atoms with Crippen LogP contribution in [-0.4, -0.2) is 17.8 Å². The second-order valence-corrected chi connectivity index (χ2v) is 2.80. The van der Waals surface area contributed by atoms with Crippen LogP contribution in [0.3, 0.4) is 0 Å². The summed E-state index contributed by atoms with van der Waals surface area (Å²) < 4.78 is 40.2. The van der Waals surface area contributed by atoms with E-state index in [4.69, 9.17) is 4.74 Å². The zero-order valence-corrected chi connectivity index (χ0v) is 7.64. The molecule has 5 heteroatoms. The monoisotopic (exact) mass is 205 g/mol. The number of alkyl halides is 3. The molecule has 0 atom stereocenters. The molecule has 0 spiro atoms. The fourth-order valence-corrected chi connectivity index (χ4v) is 0.899. The Hall–Kier alpha value is -1.26. The number of ether oxygens (including phenoxy) is 1. The van der Waals surface area contributed by atoms with E-state index in [1.807, 2.05) is 0 Å². The Kier molecular flexibility index (Phi) is 3.33. The van der Waals surface area contributed by atoms with Crippen molar-refractivity contribution >= 4 is 0 Å². The van der Waals surface area contributed by atoms with Crippen LogP contribution in [-0.2, 0) is 0 Å². The van der Waals surface area contributed by atoms with Gasteiger partial charge in [-0.15, -0.1) is 0 Å². The Bertz CT molecular complexity index is 298. The van der Waals surface area contributed by atoms with E-state index in [1.54, 1.807) is 25.3 Å². The fraction of sp³-hybridized carbons (Fsp3) is 0.444. The zero-order chi connectivity index (χ0) is 10.6. The molecule has 14 heavy (non-hydrogen) atoms. The Labute approximate surface area is 79.7 Å². The number of halogens is 3. The average molecular weight is 205 g/mol. The first-order valence-corrected chi connectivity index (χ1v) is 4.10. The van der Waals surface area contributed by atoms with Crippen LogP contribution in [0.2, 0.25) is 0 Å². The van der Waals surface area contributed by atoms with Crippen molar-refractivity contribution in [2.24, 2.45) is 0 Å². The number of aromatic nitrogens is 1. The van der Waals surface area contributed by atoms with Crippen LogP contribution in [0.5, 0.6) is 5.75 Å². The highest BCUT2D eigenvalue weighted by Crippen LogP contribution is 2.20. The van der Waals surface area contributed by atoms with Crippen molar-refractivity contribution in [3.63, 3.8) is 0 Å². The summed E-state index contributed by atoms with van der Waals surface area (Å²) in [6.07, 6.45) is -3.55. The standard InChI is InChI=1S/C9H10F3NO/c1-7-8(3-2-5-13-7)14-6-4-9(10,11)12/h2-3,5H,4,6H2,1H3. The molecule has 0 saturated carbocycles. The lowest BCUT2D eigenvalue weighted by Crippen LogP contribution is -2.13. The molecule has 78 valence electrons. The van der Waals surface area contributed by atoms with Gasteiger partial charge in [0.15, 0.2) is 0 Å². The van der Waals surface area contributed by atoms with Crippen molar-refractivity contribution < 1.29 is 17.9 Å². The minimum Gasteiger partial charge on any atom is -0.491 e. The Morgan fingerprint density at radius 3 is 2.71 bits per heavy atom. The van der Waals surface area contributed by atoms with Crippen molar-refractivity contribution in [2.75, 3.05) is 6.61 Å². The molecule has 0 saturated heterocycles. The maximum absolute atomic E-state index is 11.8. The van der Waals surface area contributed by atoms with Gasteiger partial charge in [0.2, 0.25) is 0 Å². The number of hydrogen-bond acceptors (Lipinski definition) is 2. The van der Waals surface area contributed by atoms with Crippen molar-refractivity contribution in [3.8, 4) is 5.75 Å². The molecule has 0 aliphatic carbocycles. The van der Waals surface area contributed by atoms with Gasteiger partial charge in [0.1, 0.15) is 5.75 Å². The van der Waals surface area contributed by atoms with E-state index in [0.29, 0.717) is 11.4 Å². The second kappa shape index (κ2) is 4.30. The molecule has 0 N–H and O–H groups in total. The van der Waals surface area contributed by atoms with Gasteiger partial charge in [-0.3, -0.25) is 4.98 Å². The summed E-state index contributed by atoms with van der Waals surface area (Å²) >= 11 is 0. The molecule has 0 unspecified atom stereocenters. The highest BCUT2D eigenvalue weighted by Gasteiger charge is 2.26. The van der Waals surface area contributed by atoms with E-state index in [-0.39, 0.29) is 6.61 Å². The van der Waals surface area contributed by atoms with E-state index in [0.717, 1.165) is 0 Å². The van der Waals surface area contributed by atoms with Gasteiger partial charge in [0.05, 0.1) is 18.7 Å². The van der Waals surface area contributed by atoms with Crippen LogP contribution in [0.1, 0.15) is 12.1 Å². The van der Waals surface area contributed by atoms with Crippen molar-refractivity contribution in [1.29, 1.82) is 0 Å². The largest absolute Gasteiger partial charge is 0.491 e. The van der Waals surface area contributed by atoms with E-state index >= 15 is 0 Å². The third-order valence-electron chi connectivity index (χ3n) is 1.60. The zero-order valence-electron chi connectivity index (χ0n) is 7.64. The van der Waals surface area contributed by atoms with E-state index < -0.39 is 12.6 Å². The molecule has 2 nitrogen and oxygen atoms in total. The summed E-state index contributed by atoms with van der Waals surface area (Å²) in [5, 5.41) is 0. The minimum atomic E-state index is -4.17. The summed E-state index contributed by atoms with van der Waals surface area (Å²) in [5.41, 5.74) is 0.592. The van der Waals surface area contributed by atoms with Gasteiger partial charge in [-0.05, 0) is 19.1 Å². The SMILES string of the molecule is Cc1ncccc1OCCC(F)(F)F. The molecular weight excluding hydrogens is 195 g/mol. The highest BCUT2D eigenvalue weighted by atomic mass is 19.4. The number of pyridine rings is 1. The van der Waals surface area contributed by atoms with Crippen LogP contribution in [0.15, 0.2) is 18.3 Å². The molecular formula is C9H10F3NO. The Morgan fingerprint density at radius 1 is 1.43 bits per heavy atom. The first-order valence-electron chi connectivity index (χ1n) is 4.10. The van der Waals surface area contributed by atoms with Gasteiger partial charge in [-0.1, -0.05) is 0 Å². The van der Waals surface area contributed by atoms with Crippen LogP contribution in [0, 0.1) is 6.92 Å². The molecule has 1 heterocycles. The molecule has 1 rings (SSSR count). The normalized spacial score (nSPS) is 11.4. The summed E-state index contributed by atoms with van der Waals surface area (Å²) in [7, 11) is 0. The molecule has 1 aromatic heterocycles. The lowest BCUT2D eigenvalue weighted by atomic mass is 10.3. The molecule has 1 aromatic rings. The molecule has 0 aromatic carbocycles. The van der Waals surface area contributed by atoms with Crippen LogP contribution in [0.4, 0.5) is 13.2 Å². The number of nitrogens with zero attached hydrogens (tertiary/aromatic N) is 1. The fourth-order valence-electron chi connectivity index (χ4n) is 0.899. The average Bonchev–Trinajstić information content (AvgIpc) is 2.06. The molecule has 0 fully saturated rings. The van der Waals surface area contributed by atoms with Gasteiger partial charge >= 0.3 is 6.18 Å². The van der Waals surface area contributed by atoms with Crippen LogP contribution in [0.25, 0.3) is 0 Å². The van der Waals surface area contributed by atoms with Gasteiger partial charge in [0.25, 0.3) is 0 Å². The molecule has 0 radical (unpaired) electrons. The predicted octanol–water partition coefficient (Wildman–Crippen LogP) is 2.72. The van der Waals surface area contributed by atoms with E-state index in [1.165, 1.54) is 0 Å². The maximum Gasteiger partial charge on any atom is 0.392 e. The van der Waals surface area contributed by atoms with Crippen molar-refractivity contribution in [3.05, 3.63) is 24.0 Å². The van der Waals surface area contributed by atoms with Crippen LogP contribution >= 0.6 is 0 Å². The maximum atomic E-state index is 11.8. The number of rotatable bonds is 3. The summed E-state index contributed by atoms with van der Waals surface area (Å²) in [5.74, 6) is 0.400. The first-order chi connectivity index (χ1) is 6.49. The quantitative estimate of drug-likeness (QED) is 0.756. The smallest absolute Gasteiger partial charge is 0.392 e. The van der Waals surface area contributed by atoms with E-state index in [9.17, 15) is 13.2 Å². The van der Waals surface area contributed by atoms with Gasteiger partial charge in [-0.2, -0.15) is 13.2 Å². The molecule has 0 aliphatic heterocycles. The van der Waals surface area contributed by atoms with Crippen LogP contribution < -0.4 is 4.74 Å². The second-order valence-electron chi connectivity index (χ2n) is 2.80. The predicted molar refractivity (Wildman–Crippen MR) is 45.1 cm³/mol. The summed E-state index contributed by atoms with van der Waals surface area (Å²) in [6.45, 7) is 1.32. The van der Waals surface area contributed by atoms with Gasteiger partial charge in [0, 0.05) is 6.20 Å². The number of aryl methyl sites for hydroxylation is 1. The van der Waals surface area contributed by atoms with Crippen molar-refractivity contribution in [2.45, 2.75) is 19.5 Å². The third kappa shape index (κ3) is 3.64. The molecule has 0 amide bonds. The van der Waals surface area contributed by atoms with Crippen molar-refractivity contribution in [1.82, 2.24) is 4.98 Å². The summed E-state index contributed by atoms with van der Waals surface area (Å²) in [6, 6.07) is 3.22. The Balaban J connectivity index is 2.43. The summed E-state index contributed by atoms with van der Waals surface area (Å²) in [4.78, 5) is 3.89. The van der Waals surface area contributed by atoms with E-state index in [2.05, 4.69) is 4.98 Å². The Morgan fingerprint density at radius 2 is 2.14 bits per heavy atom. The number of hydrogen-bond donors (Lipinski definition) is 0. The lowest BCUT2D eigenvalue weighted by molar-refractivity contribution is -0.139. The molecule has 0 aliphatic rings. The highest BCUT2D eigenvalue weighted by molar-refractivity contribution is 5.25. The molecule has 0 bridgehead atoms.